The number of benzene rings is 1. The monoisotopic (exact) mass is 254 g/mol. The third kappa shape index (κ3) is 2.47. The average Bonchev–Trinajstić information content (AvgIpc) is 3.09. The second-order valence-corrected chi connectivity index (χ2v) is 4.26. The van der Waals surface area contributed by atoms with Crippen molar-refractivity contribution in [2.75, 3.05) is 5.32 Å². The van der Waals surface area contributed by atoms with Crippen LogP contribution in [0.1, 0.15) is 11.3 Å². The molecule has 6 nitrogen and oxygen atoms in total. The van der Waals surface area contributed by atoms with Crippen molar-refractivity contribution in [3.8, 4) is 5.69 Å². The van der Waals surface area contributed by atoms with Gasteiger partial charge >= 0.3 is 0 Å². The summed E-state index contributed by atoms with van der Waals surface area (Å²) < 4.78 is 1.73. The number of hydrogen-bond donors (Lipinski definition) is 2. The molecule has 0 aliphatic heterocycles. The lowest BCUT2D eigenvalue weighted by atomic mass is 10.2. The summed E-state index contributed by atoms with van der Waals surface area (Å²) >= 11 is 0. The molecule has 96 valence electrons. The minimum absolute atomic E-state index is 0.755. The lowest BCUT2D eigenvalue weighted by Crippen LogP contribution is -2.00. The van der Waals surface area contributed by atoms with Crippen LogP contribution in [0.15, 0.2) is 43.1 Å². The SMILES string of the molecule is Cc1[nH]ncc1CNc1ccc(-n2cncn2)cc1. The Balaban J connectivity index is 1.68. The Morgan fingerprint density at radius 1 is 1.26 bits per heavy atom. The number of aromatic nitrogens is 5. The maximum Gasteiger partial charge on any atom is 0.138 e. The number of aryl methyl sites for hydroxylation is 1. The molecule has 6 heteroatoms. The van der Waals surface area contributed by atoms with Crippen LogP contribution in [-0.2, 0) is 6.54 Å². The van der Waals surface area contributed by atoms with E-state index in [-0.39, 0.29) is 0 Å². The van der Waals surface area contributed by atoms with Crippen molar-refractivity contribution in [1.29, 1.82) is 0 Å². The molecule has 0 spiro atoms. The maximum atomic E-state index is 4.09. The molecule has 1 aromatic carbocycles. The largest absolute Gasteiger partial charge is 0.381 e. The number of nitrogens with zero attached hydrogens (tertiary/aromatic N) is 4. The normalized spacial score (nSPS) is 10.6. The van der Waals surface area contributed by atoms with Crippen LogP contribution in [0.25, 0.3) is 5.69 Å². The first-order valence-electron chi connectivity index (χ1n) is 6.01. The third-order valence-electron chi connectivity index (χ3n) is 2.97. The van der Waals surface area contributed by atoms with Crippen LogP contribution in [0.2, 0.25) is 0 Å². The Labute approximate surface area is 110 Å². The van der Waals surface area contributed by atoms with Gasteiger partial charge in [-0.25, -0.2) is 9.67 Å². The molecule has 0 bridgehead atoms. The number of H-pyrrole nitrogens is 1. The van der Waals surface area contributed by atoms with Crippen LogP contribution in [0.5, 0.6) is 0 Å². The highest BCUT2D eigenvalue weighted by Gasteiger charge is 2.01. The van der Waals surface area contributed by atoms with Gasteiger partial charge in [-0.1, -0.05) is 0 Å². The lowest BCUT2D eigenvalue weighted by Gasteiger charge is -2.07. The molecular formula is C13H14N6. The van der Waals surface area contributed by atoms with E-state index in [1.165, 1.54) is 11.9 Å². The van der Waals surface area contributed by atoms with E-state index in [4.69, 9.17) is 0 Å². The van der Waals surface area contributed by atoms with E-state index in [0.717, 1.165) is 23.6 Å². The number of anilines is 1. The summed E-state index contributed by atoms with van der Waals surface area (Å²) in [4.78, 5) is 3.93. The molecule has 0 aliphatic carbocycles. The fourth-order valence-corrected chi connectivity index (χ4v) is 1.82. The van der Waals surface area contributed by atoms with Crippen molar-refractivity contribution in [2.24, 2.45) is 0 Å². The molecule has 2 heterocycles. The predicted octanol–water partition coefficient (Wildman–Crippen LogP) is 1.91. The van der Waals surface area contributed by atoms with Gasteiger partial charge in [0.05, 0.1) is 11.9 Å². The number of nitrogens with one attached hydrogen (secondary N) is 2. The third-order valence-corrected chi connectivity index (χ3v) is 2.97. The van der Waals surface area contributed by atoms with Gasteiger partial charge in [-0.05, 0) is 31.2 Å². The molecular weight excluding hydrogens is 240 g/mol. The maximum absolute atomic E-state index is 4.09. The Morgan fingerprint density at radius 2 is 2.11 bits per heavy atom. The Kier molecular flexibility index (Phi) is 2.97. The molecule has 3 rings (SSSR count). The fraction of sp³-hybridized carbons (Fsp3) is 0.154. The van der Waals surface area contributed by atoms with E-state index in [1.54, 1.807) is 11.0 Å². The Morgan fingerprint density at radius 3 is 2.74 bits per heavy atom. The summed E-state index contributed by atoms with van der Waals surface area (Å²) in [7, 11) is 0. The Bertz CT molecular complexity index is 638. The van der Waals surface area contributed by atoms with Crippen LogP contribution < -0.4 is 5.32 Å². The molecule has 0 saturated heterocycles. The first-order valence-corrected chi connectivity index (χ1v) is 6.01. The number of hydrogen-bond acceptors (Lipinski definition) is 4. The van der Waals surface area contributed by atoms with Crippen molar-refractivity contribution in [3.63, 3.8) is 0 Å². The zero-order valence-electron chi connectivity index (χ0n) is 10.5. The van der Waals surface area contributed by atoms with Gasteiger partial charge < -0.3 is 5.32 Å². The summed E-state index contributed by atoms with van der Waals surface area (Å²) in [6.45, 7) is 2.77. The predicted molar refractivity (Wildman–Crippen MR) is 72.0 cm³/mol. The van der Waals surface area contributed by atoms with E-state index in [9.17, 15) is 0 Å². The lowest BCUT2D eigenvalue weighted by molar-refractivity contribution is 0.879. The van der Waals surface area contributed by atoms with Gasteiger partial charge in [-0.3, -0.25) is 5.10 Å². The second-order valence-electron chi connectivity index (χ2n) is 4.26. The van der Waals surface area contributed by atoms with Gasteiger partial charge in [0.15, 0.2) is 0 Å². The van der Waals surface area contributed by atoms with Crippen molar-refractivity contribution in [3.05, 3.63) is 54.4 Å². The summed E-state index contributed by atoms with van der Waals surface area (Å²) in [6, 6.07) is 8.04. The van der Waals surface area contributed by atoms with Crippen LogP contribution in [0.3, 0.4) is 0 Å². The van der Waals surface area contributed by atoms with Gasteiger partial charge in [0.2, 0.25) is 0 Å². The van der Waals surface area contributed by atoms with Gasteiger partial charge in [-0.2, -0.15) is 10.2 Å². The van der Waals surface area contributed by atoms with E-state index in [1.807, 2.05) is 37.4 Å². The highest BCUT2D eigenvalue weighted by Crippen LogP contribution is 2.13. The van der Waals surface area contributed by atoms with Gasteiger partial charge in [0.1, 0.15) is 12.7 Å². The highest BCUT2D eigenvalue weighted by atomic mass is 15.3. The molecule has 0 fully saturated rings. The van der Waals surface area contributed by atoms with E-state index < -0.39 is 0 Å². The second kappa shape index (κ2) is 4.93. The van der Waals surface area contributed by atoms with Crippen LogP contribution in [0.4, 0.5) is 5.69 Å². The van der Waals surface area contributed by atoms with Crippen molar-refractivity contribution < 1.29 is 0 Å². The summed E-state index contributed by atoms with van der Waals surface area (Å²) in [6.07, 6.45) is 5.04. The molecule has 2 N–H and O–H groups in total. The molecule has 2 aromatic heterocycles. The van der Waals surface area contributed by atoms with Crippen molar-refractivity contribution in [1.82, 2.24) is 25.0 Å². The summed E-state index contributed by atoms with van der Waals surface area (Å²) in [5.41, 5.74) is 4.30. The minimum Gasteiger partial charge on any atom is -0.381 e. The zero-order chi connectivity index (χ0) is 13.1. The topological polar surface area (TPSA) is 71.4 Å². The molecule has 0 aliphatic rings. The first-order chi connectivity index (χ1) is 9.33. The summed E-state index contributed by atoms with van der Waals surface area (Å²) in [5, 5.41) is 14.4. The standard InChI is InChI=1S/C13H14N6/c1-10-11(7-16-18-10)6-15-12-2-4-13(5-3-12)19-9-14-8-17-19/h2-5,7-9,15H,6H2,1H3,(H,16,18). The minimum atomic E-state index is 0.755. The van der Waals surface area contributed by atoms with Crippen molar-refractivity contribution in [2.45, 2.75) is 13.5 Å². The average molecular weight is 254 g/mol. The smallest absolute Gasteiger partial charge is 0.138 e. The molecule has 0 saturated carbocycles. The molecule has 19 heavy (non-hydrogen) atoms. The summed E-state index contributed by atoms with van der Waals surface area (Å²) in [5.74, 6) is 0. The molecule has 0 radical (unpaired) electrons. The molecule has 0 atom stereocenters. The van der Waals surface area contributed by atoms with Gasteiger partial charge in [0.25, 0.3) is 0 Å². The molecule has 0 unspecified atom stereocenters. The van der Waals surface area contributed by atoms with Crippen molar-refractivity contribution >= 4 is 5.69 Å². The zero-order valence-corrected chi connectivity index (χ0v) is 10.5. The number of rotatable bonds is 4. The van der Waals surface area contributed by atoms with Gasteiger partial charge in [0, 0.05) is 23.5 Å². The fourth-order valence-electron chi connectivity index (χ4n) is 1.82. The molecule has 0 amide bonds. The Hall–Kier alpha value is -2.63. The van der Waals surface area contributed by atoms with E-state index in [2.05, 4.69) is 25.6 Å². The van der Waals surface area contributed by atoms with Crippen LogP contribution >= 0.6 is 0 Å². The quantitative estimate of drug-likeness (QED) is 0.746. The highest BCUT2D eigenvalue weighted by molar-refractivity contribution is 5.48. The number of aromatic amines is 1. The van der Waals surface area contributed by atoms with E-state index in [0.29, 0.717) is 0 Å². The van der Waals surface area contributed by atoms with Gasteiger partial charge in [-0.15, -0.1) is 0 Å². The van der Waals surface area contributed by atoms with Crippen LogP contribution in [0, 0.1) is 6.92 Å². The van der Waals surface area contributed by atoms with Crippen LogP contribution in [-0.4, -0.2) is 25.0 Å². The van der Waals surface area contributed by atoms with E-state index >= 15 is 0 Å². The molecule has 3 aromatic rings. The first kappa shape index (κ1) is 11.5.